The average molecular weight is 252 g/mol. The molecule has 108 valence electrons. The van der Waals surface area contributed by atoms with Crippen molar-refractivity contribution in [2.45, 2.75) is 92.4 Å². The van der Waals surface area contributed by atoms with Gasteiger partial charge in [0.2, 0.25) is 0 Å². The molecule has 0 heterocycles. The first-order chi connectivity index (χ1) is 8.37. The van der Waals surface area contributed by atoms with Crippen molar-refractivity contribution in [3.05, 3.63) is 12.2 Å². The van der Waals surface area contributed by atoms with E-state index in [0.29, 0.717) is 5.41 Å². The zero-order chi connectivity index (χ0) is 14.0. The van der Waals surface area contributed by atoms with Gasteiger partial charge in [0, 0.05) is 0 Å². The maximum atomic E-state index is 4.18. The molecule has 0 aliphatic rings. The maximum Gasteiger partial charge on any atom is -0.0208 e. The molecule has 0 spiro atoms. The van der Waals surface area contributed by atoms with E-state index in [0.717, 1.165) is 5.92 Å². The maximum absolute atomic E-state index is 4.18. The van der Waals surface area contributed by atoms with Gasteiger partial charge >= 0.3 is 0 Å². The van der Waals surface area contributed by atoms with E-state index in [2.05, 4.69) is 41.2 Å². The second-order valence-corrected chi connectivity index (χ2v) is 7.20. The summed E-state index contributed by atoms with van der Waals surface area (Å²) in [6.45, 7) is 15.7. The Hall–Kier alpha value is -0.260. The molecule has 0 saturated heterocycles. The molecule has 0 aromatic carbocycles. The van der Waals surface area contributed by atoms with Crippen LogP contribution in [-0.2, 0) is 0 Å². The Morgan fingerprint density at radius 3 is 2.00 bits per heavy atom. The Bertz CT molecular complexity index is 207. The Morgan fingerprint density at radius 1 is 0.944 bits per heavy atom. The summed E-state index contributed by atoms with van der Waals surface area (Å²) in [4.78, 5) is 0. The summed E-state index contributed by atoms with van der Waals surface area (Å²) < 4.78 is 0. The predicted octanol–water partition coefficient (Wildman–Crippen LogP) is 6.76. The van der Waals surface area contributed by atoms with Gasteiger partial charge in [-0.25, -0.2) is 0 Å². The molecule has 0 heteroatoms. The highest BCUT2D eigenvalue weighted by Gasteiger charge is 2.15. The van der Waals surface area contributed by atoms with E-state index in [1.54, 1.807) is 0 Å². The van der Waals surface area contributed by atoms with Gasteiger partial charge in [0.15, 0.2) is 0 Å². The van der Waals surface area contributed by atoms with Gasteiger partial charge in [-0.3, -0.25) is 0 Å². The van der Waals surface area contributed by atoms with E-state index in [4.69, 9.17) is 0 Å². The monoisotopic (exact) mass is 252 g/mol. The Labute approximate surface area is 116 Å². The van der Waals surface area contributed by atoms with Gasteiger partial charge in [0.25, 0.3) is 0 Å². The van der Waals surface area contributed by atoms with Crippen molar-refractivity contribution in [2.75, 3.05) is 0 Å². The lowest BCUT2D eigenvalue weighted by Gasteiger charge is -2.23. The number of hydrogen-bond donors (Lipinski definition) is 0. The third kappa shape index (κ3) is 10.9. The van der Waals surface area contributed by atoms with Crippen LogP contribution in [0.1, 0.15) is 92.4 Å². The van der Waals surface area contributed by atoms with Crippen LogP contribution in [0.5, 0.6) is 0 Å². The number of rotatable bonds is 10. The largest absolute Gasteiger partial charge is 0.0999 e. The molecule has 0 bridgehead atoms. The summed E-state index contributed by atoms with van der Waals surface area (Å²) in [6, 6.07) is 0. The van der Waals surface area contributed by atoms with Crippen LogP contribution in [0.2, 0.25) is 0 Å². The molecule has 0 fully saturated rings. The van der Waals surface area contributed by atoms with Crippen LogP contribution >= 0.6 is 0 Å². The van der Waals surface area contributed by atoms with Crippen molar-refractivity contribution in [3.63, 3.8) is 0 Å². The first-order valence-electron chi connectivity index (χ1n) is 8.02. The minimum absolute atomic E-state index is 0.467. The van der Waals surface area contributed by atoms with E-state index in [9.17, 15) is 0 Å². The highest BCUT2D eigenvalue weighted by molar-refractivity contribution is 4.96. The molecule has 18 heavy (non-hydrogen) atoms. The fraction of sp³-hybridized carbons (Fsp3) is 0.889. The lowest BCUT2D eigenvalue weighted by Crippen LogP contribution is -2.10. The van der Waals surface area contributed by atoms with Crippen molar-refractivity contribution in [1.29, 1.82) is 0 Å². The molecule has 1 unspecified atom stereocenters. The molecular formula is C18H36. The van der Waals surface area contributed by atoms with Crippen LogP contribution in [0.15, 0.2) is 12.2 Å². The second kappa shape index (κ2) is 9.64. The Balaban J connectivity index is 3.74. The zero-order valence-corrected chi connectivity index (χ0v) is 13.6. The third-order valence-corrected chi connectivity index (χ3v) is 3.85. The van der Waals surface area contributed by atoms with E-state index >= 15 is 0 Å². The van der Waals surface area contributed by atoms with Gasteiger partial charge < -0.3 is 0 Å². The van der Waals surface area contributed by atoms with Gasteiger partial charge in [-0.15, -0.1) is 0 Å². The Kier molecular flexibility index (Phi) is 9.50. The molecule has 0 aromatic rings. The number of unbranched alkanes of at least 4 members (excludes halogenated alkanes) is 5. The summed E-state index contributed by atoms with van der Waals surface area (Å²) in [6.07, 6.45) is 12.4. The van der Waals surface area contributed by atoms with Crippen molar-refractivity contribution in [3.8, 4) is 0 Å². The van der Waals surface area contributed by atoms with Crippen LogP contribution in [0.4, 0.5) is 0 Å². The number of allylic oxidation sites excluding steroid dienone is 1. The summed E-state index contributed by atoms with van der Waals surface area (Å²) in [5.41, 5.74) is 1.86. The molecule has 0 N–H and O–H groups in total. The SMILES string of the molecule is C=C(C)C(CCCCCCCC)CCC(C)(C)C. The quantitative estimate of drug-likeness (QED) is 0.298. The summed E-state index contributed by atoms with van der Waals surface area (Å²) >= 11 is 0. The minimum atomic E-state index is 0.467. The molecule has 1 atom stereocenters. The van der Waals surface area contributed by atoms with Gasteiger partial charge in [-0.2, -0.15) is 0 Å². The van der Waals surface area contributed by atoms with Gasteiger partial charge in [-0.05, 0) is 37.5 Å². The molecule has 0 aliphatic heterocycles. The highest BCUT2D eigenvalue weighted by Crippen LogP contribution is 2.29. The van der Waals surface area contributed by atoms with Crippen molar-refractivity contribution >= 4 is 0 Å². The molecule has 0 rings (SSSR count). The average Bonchev–Trinajstić information content (AvgIpc) is 2.25. The lowest BCUT2D eigenvalue weighted by molar-refractivity contribution is 0.326. The molecular weight excluding hydrogens is 216 g/mol. The van der Waals surface area contributed by atoms with E-state index < -0.39 is 0 Å². The fourth-order valence-corrected chi connectivity index (χ4v) is 2.42. The van der Waals surface area contributed by atoms with Gasteiger partial charge in [0.05, 0.1) is 0 Å². The molecule has 0 aliphatic carbocycles. The van der Waals surface area contributed by atoms with Crippen LogP contribution < -0.4 is 0 Å². The first kappa shape index (κ1) is 17.7. The first-order valence-corrected chi connectivity index (χ1v) is 8.02. The normalized spacial score (nSPS) is 13.6. The van der Waals surface area contributed by atoms with Crippen molar-refractivity contribution < 1.29 is 0 Å². The lowest BCUT2D eigenvalue weighted by atomic mass is 9.82. The summed E-state index contributed by atoms with van der Waals surface area (Å²) in [5.74, 6) is 0.760. The topological polar surface area (TPSA) is 0 Å². The van der Waals surface area contributed by atoms with Crippen molar-refractivity contribution in [1.82, 2.24) is 0 Å². The van der Waals surface area contributed by atoms with Gasteiger partial charge in [-0.1, -0.05) is 78.4 Å². The molecule has 0 saturated carbocycles. The summed E-state index contributed by atoms with van der Waals surface area (Å²) in [7, 11) is 0. The summed E-state index contributed by atoms with van der Waals surface area (Å²) in [5, 5.41) is 0. The molecule has 0 nitrogen and oxygen atoms in total. The third-order valence-electron chi connectivity index (χ3n) is 3.85. The number of hydrogen-bond acceptors (Lipinski definition) is 0. The fourth-order valence-electron chi connectivity index (χ4n) is 2.42. The van der Waals surface area contributed by atoms with Crippen LogP contribution in [-0.4, -0.2) is 0 Å². The standard InChI is InChI=1S/C18H36/c1-7-8-9-10-11-12-13-17(16(2)3)14-15-18(4,5)6/h17H,2,7-15H2,1,3-6H3. The molecule has 0 radical (unpaired) electrons. The van der Waals surface area contributed by atoms with Crippen LogP contribution in [0, 0.1) is 11.3 Å². The smallest absolute Gasteiger partial charge is 0.0208 e. The van der Waals surface area contributed by atoms with Crippen molar-refractivity contribution in [2.24, 2.45) is 11.3 Å². The Morgan fingerprint density at radius 2 is 1.50 bits per heavy atom. The second-order valence-electron chi connectivity index (χ2n) is 7.20. The molecule has 0 aromatic heterocycles. The zero-order valence-electron chi connectivity index (χ0n) is 13.6. The van der Waals surface area contributed by atoms with Crippen LogP contribution in [0.25, 0.3) is 0 Å². The predicted molar refractivity (Wildman–Crippen MR) is 85.0 cm³/mol. The minimum Gasteiger partial charge on any atom is -0.0999 e. The van der Waals surface area contributed by atoms with E-state index in [1.807, 2.05) is 0 Å². The van der Waals surface area contributed by atoms with Crippen LogP contribution in [0.3, 0.4) is 0 Å². The van der Waals surface area contributed by atoms with E-state index in [-0.39, 0.29) is 0 Å². The van der Waals surface area contributed by atoms with E-state index in [1.165, 1.54) is 63.4 Å². The molecule has 0 amide bonds. The highest BCUT2D eigenvalue weighted by atomic mass is 14.2. The van der Waals surface area contributed by atoms with Gasteiger partial charge in [0.1, 0.15) is 0 Å².